The number of hydrogen-bond acceptors (Lipinski definition) is 9. The van der Waals surface area contributed by atoms with Crippen LogP contribution in [0.3, 0.4) is 0 Å². The van der Waals surface area contributed by atoms with E-state index in [9.17, 15) is 41.0 Å². The van der Waals surface area contributed by atoms with Gasteiger partial charge in [0.25, 0.3) is 0 Å². The first-order chi connectivity index (χ1) is 23.1. The van der Waals surface area contributed by atoms with Gasteiger partial charge < -0.3 is 25.6 Å². The molecule has 0 saturated heterocycles. The first-order valence-electron chi connectivity index (χ1n) is 15.5. The number of hydrogen-bond donors (Lipinski definition) is 3. The van der Waals surface area contributed by atoms with Gasteiger partial charge in [-0.15, -0.1) is 0 Å². The Kier molecular flexibility index (Phi) is 10.6. The first kappa shape index (κ1) is 38.1. The second-order valence-corrected chi connectivity index (χ2v) is 12.9. The number of benzene rings is 1. The van der Waals surface area contributed by atoms with Crippen LogP contribution in [0, 0.1) is 0 Å². The molecule has 0 unspecified atom stereocenters. The number of carbonyl (C=O) groups excluding carboxylic acids is 1. The van der Waals surface area contributed by atoms with E-state index in [1.807, 2.05) is 0 Å². The molecule has 17 heteroatoms. The minimum absolute atomic E-state index is 0.0205. The van der Waals surface area contributed by atoms with Gasteiger partial charge >= 0.3 is 24.4 Å². The van der Waals surface area contributed by atoms with Gasteiger partial charge in [-0.25, -0.2) is 19.7 Å². The highest BCUT2D eigenvalue weighted by molar-refractivity contribution is 5.89. The smallest absolute Gasteiger partial charge is 0.416 e. The van der Waals surface area contributed by atoms with Crippen molar-refractivity contribution in [1.82, 2.24) is 15.0 Å². The molecule has 0 fully saturated rings. The summed E-state index contributed by atoms with van der Waals surface area (Å²) in [5.74, 6) is -1.46. The molecule has 50 heavy (non-hydrogen) atoms. The molecular weight excluding hydrogens is 674 g/mol. The number of aromatic nitrogens is 3. The maximum atomic E-state index is 13.9. The fourth-order valence-electron chi connectivity index (χ4n) is 5.90. The number of nitrogens with one attached hydrogen (secondary N) is 1. The number of esters is 1. The Balaban J connectivity index is 2.03. The number of carbonyl (C=O) groups is 2. The van der Waals surface area contributed by atoms with E-state index >= 15 is 0 Å². The number of halogens is 6. The Morgan fingerprint density at radius 3 is 2.14 bits per heavy atom. The number of alkyl halides is 6. The van der Waals surface area contributed by atoms with Gasteiger partial charge in [-0.3, -0.25) is 9.69 Å². The van der Waals surface area contributed by atoms with Crippen LogP contribution in [0.1, 0.15) is 92.2 Å². The molecule has 3 aromatic rings. The number of rotatable bonds is 9. The SMILES string of the molecule is CC[C@]1(N)C[C@@H](c2nc(NC)nc(CCC(=O)OC(C)(C)C)c2Cc2cc(C(F)(F)F)cc(C(F)(F)F)c2)c2nc(OC)ccc2N1C(=O)O. The zero-order valence-corrected chi connectivity index (χ0v) is 28.2. The summed E-state index contributed by atoms with van der Waals surface area (Å²) in [6, 6.07) is 4.14. The molecule has 0 spiro atoms. The quantitative estimate of drug-likeness (QED) is 0.158. The lowest BCUT2D eigenvalue weighted by atomic mass is 9.79. The Labute approximate surface area is 284 Å². The summed E-state index contributed by atoms with van der Waals surface area (Å²) < 4.78 is 94.1. The van der Waals surface area contributed by atoms with E-state index in [1.165, 1.54) is 26.3 Å². The van der Waals surface area contributed by atoms with Crippen LogP contribution in [0.2, 0.25) is 0 Å². The summed E-state index contributed by atoms with van der Waals surface area (Å²) >= 11 is 0. The number of nitrogens with two attached hydrogens (primary N) is 1. The summed E-state index contributed by atoms with van der Waals surface area (Å²) in [6.07, 6.45) is -12.5. The summed E-state index contributed by atoms with van der Waals surface area (Å²) in [4.78, 5) is 40.0. The van der Waals surface area contributed by atoms with Crippen LogP contribution in [0.25, 0.3) is 0 Å². The number of aryl methyl sites for hydroxylation is 1. The second-order valence-electron chi connectivity index (χ2n) is 12.9. The Morgan fingerprint density at radius 2 is 1.64 bits per heavy atom. The molecule has 2 aromatic heterocycles. The molecule has 11 nitrogen and oxygen atoms in total. The number of nitrogens with zero attached hydrogens (tertiary/aromatic N) is 4. The van der Waals surface area contributed by atoms with Crippen molar-refractivity contribution in [1.29, 1.82) is 0 Å². The summed E-state index contributed by atoms with van der Waals surface area (Å²) in [6.45, 7) is 6.67. The third kappa shape index (κ3) is 8.37. The van der Waals surface area contributed by atoms with E-state index in [1.54, 1.807) is 27.7 Å². The monoisotopic (exact) mass is 712 g/mol. The predicted molar refractivity (Wildman–Crippen MR) is 170 cm³/mol. The molecule has 0 radical (unpaired) electrons. The zero-order valence-electron chi connectivity index (χ0n) is 28.2. The van der Waals surface area contributed by atoms with Crippen LogP contribution in [0.15, 0.2) is 30.3 Å². The number of ether oxygens (including phenoxy) is 2. The van der Waals surface area contributed by atoms with Crippen LogP contribution < -0.4 is 20.7 Å². The lowest BCUT2D eigenvalue weighted by Gasteiger charge is -2.45. The number of carboxylic acid groups (broad SMARTS) is 1. The Hall–Kier alpha value is -4.67. The molecule has 0 bridgehead atoms. The van der Waals surface area contributed by atoms with Crippen molar-refractivity contribution in [2.24, 2.45) is 5.73 Å². The average Bonchev–Trinajstić information content (AvgIpc) is 3.01. The minimum atomic E-state index is -5.10. The highest BCUT2D eigenvalue weighted by Crippen LogP contribution is 2.47. The highest BCUT2D eigenvalue weighted by Gasteiger charge is 2.47. The van der Waals surface area contributed by atoms with E-state index < -0.39 is 59.1 Å². The largest absolute Gasteiger partial charge is 0.481 e. The van der Waals surface area contributed by atoms with E-state index in [0.29, 0.717) is 12.1 Å². The van der Waals surface area contributed by atoms with Crippen molar-refractivity contribution in [3.8, 4) is 5.88 Å². The molecule has 2 atom stereocenters. The number of fused-ring (bicyclic) bond motifs is 1. The molecule has 4 rings (SSSR count). The molecular formula is C33H38F6N6O5. The summed E-state index contributed by atoms with van der Waals surface area (Å²) in [5, 5.41) is 13.0. The van der Waals surface area contributed by atoms with Gasteiger partial charge in [0, 0.05) is 37.4 Å². The van der Waals surface area contributed by atoms with Crippen molar-refractivity contribution >= 4 is 23.7 Å². The maximum Gasteiger partial charge on any atom is 0.416 e. The maximum absolute atomic E-state index is 13.9. The number of pyridine rings is 1. The van der Waals surface area contributed by atoms with Gasteiger partial charge in [-0.05, 0) is 63.4 Å². The van der Waals surface area contributed by atoms with Gasteiger partial charge in [-0.2, -0.15) is 26.3 Å². The van der Waals surface area contributed by atoms with Crippen LogP contribution in [-0.4, -0.2) is 57.5 Å². The lowest BCUT2D eigenvalue weighted by Crippen LogP contribution is -2.61. The van der Waals surface area contributed by atoms with Crippen LogP contribution in [0.5, 0.6) is 5.88 Å². The van der Waals surface area contributed by atoms with Crippen molar-refractivity contribution in [3.63, 3.8) is 0 Å². The van der Waals surface area contributed by atoms with Crippen molar-refractivity contribution in [2.45, 2.75) is 89.3 Å². The van der Waals surface area contributed by atoms with Crippen molar-refractivity contribution in [2.75, 3.05) is 24.4 Å². The molecule has 1 aromatic carbocycles. The number of anilines is 2. The third-order valence-electron chi connectivity index (χ3n) is 8.16. The molecule has 0 aliphatic carbocycles. The topological polar surface area (TPSA) is 153 Å². The highest BCUT2D eigenvalue weighted by atomic mass is 19.4. The molecule has 0 saturated carbocycles. The molecule has 272 valence electrons. The summed E-state index contributed by atoms with van der Waals surface area (Å²) in [7, 11) is 2.84. The number of amides is 1. The molecule has 3 heterocycles. The average molecular weight is 713 g/mol. The van der Waals surface area contributed by atoms with Gasteiger partial charge in [0.05, 0.1) is 47.4 Å². The Morgan fingerprint density at radius 1 is 1.02 bits per heavy atom. The fraction of sp³-hybridized carbons (Fsp3) is 0.485. The minimum Gasteiger partial charge on any atom is -0.481 e. The Bertz CT molecular complexity index is 1730. The second kappa shape index (κ2) is 13.9. The third-order valence-corrected chi connectivity index (χ3v) is 8.16. The van der Waals surface area contributed by atoms with Crippen molar-refractivity contribution in [3.05, 3.63) is 69.7 Å². The molecule has 1 aliphatic heterocycles. The van der Waals surface area contributed by atoms with Crippen LogP contribution in [-0.2, 0) is 34.7 Å². The van der Waals surface area contributed by atoms with E-state index in [4.69, 9.17) is 15.2 Å². The van der Waals surface area contributed by atoms with E-state index in [2.05, 4.69) is 20.3 Å². The normalized spacial score (nSPS) is 18.0. The first-order valence-corrected chi connectivity index (χ1v) is 15.5. The van der Waals surface area contributed by atoms with Gasteiger partial charge in [0.15, 0.2) is 0 Å². The number of methoxy groups -OCH3 is 1. The van der Waals surface area contributed by atoms with Crippen LogP contribution >= 0.6 is 0 Å². The standard InChI is InChI=1S/C33H38F6N6O5/c1-7-31(40)16-21(27-23(45(31)29(47)48)9-10-24(43-27)49-6)26-20(14-17-12-18(32(34,35)36)15-19(13-17)33(37,38)39)22(42-28(41-5)44-26)8-11-25(46)50-30(2,3)4/h9-10,12-13,15,21H,7-8,11,14,16,40H2,1-6H3,(H,47,48)(H,41,42,44)/t21-,31+/m0/s1. The van der Waals surface area contributed by atoms with E-state index in [0.717, 1.165) is 4.90 Å². The van der Waals surface area contributed by atoms with Gasteiger partial charge in [0.2, 0.25) is 11.8 Å². The van der Waals surface area contributed by atoms with Gasteiger partial charge in [0.1, 0.15) is 11.3 Å². The molecule has 1 aliphatic rings. The fourth-order valence-corrected chi connectivity index (χ4v) is 5.90. The zero-order chi connectivity index (χ0) is 37.4. The van der Waals surface area contributed by atoms with E-state index in [-0.39, 0.29) is 77.5 Å². The molecule has 1 amide bonds. The predicted octanol–water partition coefficient (Wildman–Crippen LogP) is 6.91. The van der Waals surface area contributed by atoms with Crippen LogP contribution in [0.4, 0.5) is 42.8 Å². The molecule has 4 N–H and O–H groups in total. The van der Waals surface area contributed by atoms with Crippen molar-refractivity contribution < 1.29 is 50.5 Å². The van der Waals surface area contributed by atoms with Gasteiger partial charge in [-0.1, -0.05) is 6.92 Å². The summed E-state index contributed by atoms with van der Waals surface area (Å²) in [5.41, 5.74) is 1.58. The lowest BCUT2D eigenvalue weighted by molar-refractivity contribution is -0.154.